The van der Waals surface area contributed by atoms with Gasteiger partial charge in [-0.2, -0.15) is 0 Å². The number of aliphatic hydroxyl groups is 1. The van der Waals surface area contributed by atoms with Crippen molar-refractivity contribution in [1.29, 1.82) is 0 Å². The van der Waals surface area contributed by atoms with Crippen LogP contribution in [0, 0.1) is 5.92 Å². The summed E-state index contributed by atoms with van der Waals surface area (Å²) in [6, 6.07) is 0. The van der Waals surface area contributed by atoms with Gasteiger partial charge in [0.25, 0.3) is 0 Å². The number of ether oxygens (including phenoxy) is 2. The normalized spacial score (nSPS) is 13.8. The van der Waals surface area contributed by atoms with Gasteiger partial charge in [-0.15, -0.1) is 0 Å². The van der Waals surface area contributed by atoms with Gasteiger partial charge in [0.1, 0.15) is 6.61 Å². The van der Waals surface area contributed by atoms with Crippen LogP contribution in [0.15, 0.2) is 48.6 Å². The highest BCUT2D eigenvalue weighted by Crippen LogP contribution is 2.36. The van der Waals surface area contributed by atoms with Crippen LogP contribution in [0.2, 0.25) is 0 Å². The van der Waals surface area contributed by atoms with Crippen LogP contribution >= 0.6 is 7.82 Å². The molecule has 0 saturated carbocycles. The van der Waals surface area contributed by atoms with Crippen molar-refractivity contribution < 1.29 is 43.0 Å². The highest BCUT2D eigenvalue weighted by Gasteiger charge is 2.22. The summed E-state index contributed by atoms with van der Waals surface area (Å²) >= 11 is 0. The number of allylic oxidation sites excluding steroid dienone is 7. The van der Waals surface area contributed by atoms with E-state index in [-0.39, 0.29) is 25.6 Å². The Labute approximate surface area is 297 Å². The molecule has 0 aromatic rings. The Balaban J connectivity index is 4.12. The molecule has 0 aliphatic rings. The van der Waals surface area contributed by atoms with E-state index in [0.717, 1.165) is 63.7 Å². The van der Waals surface area contributed by atoms with Crippen molar-refractivity contribution >= 4 is 19.8 Å². The molecule has 0 aliphatic heterocycles. The molecule has 0 rings (SSSR count). The molecule has 0 spiro atoms. The van der Waals surface area contributed by atoms with E-state index in [9.17, 15) is 19.3 Å². The van der Waals surface area contributed by atoms with E-state index in [1.165, 1.54) is 44.9 Å². The molecule has 0 radical (unpaired) electrons. The van der Waals surface area contributed by atoms with Crippen molar-refractivity contribution in [3.63, 3.8) is 0 Å². The molecule has 2 atom stereocenters. The SMILES string of the molecule is CCCCC[C@@H](O)/C=C/C=C\C/C=C\C/C=C\CCCC(=O)OC[C@H](COP(=O)(O)O)OC(=O)CCCCCCCCCCCCC(C)C. The second-order valence-corrected chi connectivity index (χ2v) is 14.5. The van der Waals surface area contributed by atoms with Crippen LogP contribution in [-0.2, 0) is 28.2 Å². The van der Waals surface area contributed by atoms with Gasteiger partial charge in [-0.05, 0) is 44.4 Å². The number of carbonyl (C=O) groups is 2. The number of esters is 2. The molecule has 49 heavy (non-hydrogen) atoms. The lowest BCUT2D eigenvalue weighted by atomic mass is 10.0. The van der Waals surface area contributed by atoms with Gasteiger partial charge in [-0.3, -0.25) is 14.1 Å². The number of aliphatic hydroxyl groups excluding tert-OH is 1. The van der Waals surface area contributed by atoms with Gasteiger partial charge in [-0.25, -0.2) is 4.57 Å². The molecule has 0 aromatic heterocycles. The summed E-state index contributed by atoms with van der Waals surface area (Å²) in [6.45, 7) is 5.80. The summed E-state index contributed by atoms with van der Waals surface area (Å²) in [5.41, 5.74) is 0. The zero-order valence-corrected chi connectivity index (χ0v) is 31.7. The number of unbranched alkanes of at least 4 members (excludes halogenated alkanes) is 12. The lowest BCUT2D eigenvalue weighted by Gasteiger charge is -2.18. The number of phosphoric acid groups is 1. The second kappa shape index (κ2) is 33.1. The Hall–Kier alpha value is -2.03. The van der Waals surface area contributed by atoms with Crippen molar-refractivity contribution in [2.45, 2.75) is 168 Å². The molecule has 284 valence electrons. The Morgan fingerprint density at radius 2 is 1.24 bits per heavy atom. The summed E-state index contributed by atoms with van der Waals surface area (Å²) < 4.78 is 26.2. The fourth-order valence-corrected chi connectivity index (χ4v) is 5.37. The van der Waals surface area contributed by atoms with Crippen molar-refractivity contribution in [2.24, 2.45) is 5.92 Å². The van der Waals surface area contributed by atoms with Crippen molar-refractivity contribution in [3.05, 3.63) is 48.6 Å². The number of hydrogen-bond donors (Lipinski definition) is 3. The van der Waals surface area contributed by atoms with E-state index < -0.39 is 32.5 Å². The minimum atomic E-state index is -4.77. The summed E-state index contributed by atoms with van der Waals surface area (Å²) in [4.78, 5) is 42.7. The van der Waals surface area contributed by atoms with Gasteiger partial charge in [0.15, 0.2) is 6.10 Å². The lowest BCUT2D eigenvalue weighted by Crippen LogP contribution is -2.29. The zero-order valence-electron chi connectivity index (χ0n) is 30.9. The van der Waals surface area contributed by atoms with Gasteiger partial charge in [0, 0.05) is 12.8 Å². The van der Waals surface area contributed by atoms with Gasteiger partial charge in [0.2, 0.25) is 0 Å². The highest BCUT2D eigenvalue weighted by molar-refractivity contribution is 7.46. The Morgan fingerprint density at radius 1 is 0.673 bits per heavy atom. The van der Waals surface area contributed by atoms with E-state index in [4.69, 9.17) is 19.3 Å². The first-order chi connectivity index (χ1) is 23.5. The van der Waals surface area contributed by atoms with Crippen molar-refractivity contribution in [3.8, 4) is 0 Å². The first-order valence-corrected chi connectivity index (χ1v) is 20.4. The molecule has 3 N–H and O–H groups in total. The third kappa shape index (κ3) is 37.1. The minimum absolute atomic E-state index is 0.171. The van der Waals surface area contributed by atoms with Crippen LogP contribution in [0.25, 0.3) is 0 Å². The van der Waals surface area contributed by atoms with Crippen LogP contribution in [0.5, 0.6) is 0 Å². The summed E-state index contributed by atoms with van der Waals surface area (Å²) in [7, 11) is -4.77. The second-order valence-electron chi connectivity index (χ2n) is 13.2. The summed E-state index contributed by atoms with van der Waals surface area (Å²) in [5, 5.41) is 9.85. The zero-order chi connectivity index (χ0) is 36.4. The molecular formula is C39H69O9P. The van der Waals surface area contributed by atoms with Gasteiger partial charge < -0.3 is 24.4 Å². The number of carbonyl (C=O) groups excluding carboxylic acids is 2. The Bertz CT molecular complexity index is 968. The van der Waals surface area contributed by atoms with E-state index in [1.807, 2.05) is 36.5 Å². The third-order valence-corrected chi connectivity index (χ3v) is 8.37. The van der Waals surface area contributed by atoms with Crippen molar-refractivity contribution in [2.75, 3.05) is 13.2 Å². The van der Waals surface area contributed by atoms with Crippen LogP contribution < -0.4 is 0 Å². The molecule has 0 heterocycles. The standard InChI is InChI=1S/C39H69O9P/c1-4-5-23-29-36(40)30-25-20-16-12-7-6-8-13-17-21-26-31-38(41)46-33-37(34-47-49(43,44)45)48-39(42)32-27-22-18-14-10-9-11-15-19-24-28-35(2)3/h6-7,13,16-17,20,25,30,35-37,40H,4-5,8-12,14-15,18-19,21-24,26-29,31-34H2,1-3H3,(H2,43,44,45)/b7-6-,17-13-,20-16-,30-25+/t36-,37-/m1/s1. The molecule has 0 aromatic carbocycles. The fraction of sp³-hybridized carbons (Fsp3) is 0.744. The Morgan fingerprint density at radius 3 is 1.88 bits per heavy atom. The average Bonchev–Trinajstić information content (AvgIpc) is 3.04. The molecule has 0 aliphatic carbocycles. The monoisotopic (exact) mass is 712 g/mol. The smallest absolute Gasteiger partial charge is 0.462 e. The molecule has 9 nitrogen and oxygen atoms in total. The third-order valence-electron chi connectivity index (χ3n) is 7.88. The van der Waals surface area contributed by atoms with Crippen molar-refractivity contribution in [1.82, 2.24) is 0 Å². The maximum atomic E-state index is 12.3. The highest BCUT2D eigenvalue weighted by atomic mass is 31.2. The fourth-order valence-electron chi connectivity index (χ4n) is 5.01. The van der Waals surface area contributed by atoms with Crippen LogP contribution in [-0.4, -0.2) is 52.3 Å². The van der Waals surface area contributed by atoms with Crippen LogP contribution in [0.3, 0.4) is 0 Å². The van der Waals surface area contributed by atoms with Gasteiger partial charge >= 0.3 is 19.8 Å². The van der Waals surface area contributed by atoms with Crippen LogP contribution in [0.4, 0.5) is 0 Å². The summed E-state index contributed by atoms with van der Waals surface area (Å²) in [5.74, 6) is -0.191. The number of rotatable bonds is 33. The van der Waals surface area contributed by atoms with E-state index in [1.54, 1.807) is 0 Å². The molecule has 10 heteroatoms. The molecular weight excluding hydrogens is 643 g/mol. The van der Waals surface area contributed by atoms with E-state index in [0.29, 0.717) is 19.3 Å². The van der Waals surface area contributed by atoms with Gasteiger partial charge in [0.05, 0.1) is 12.7 Å². The maximum Gasteiger partial charge on any atom is 0.469 e. The molecule has 0 bridgehead atoms. The molecule has 0 unspecified atom stereocenters. The minimum Gasteiger partial charge on any atom is -0.462 e. The molecule has 0 saturated heterocycles. The topological polar surface area (TPSA) is 140 Å². The van der Waals surface area contributed by atoms with Gasteiger partial charge in [-0.1, -0.05) is 153 Å². The number of phosphoric ester groups is 1. The lowest BCUT2D eigenvalue weighted by molar-refractivity contribution is -0.161. The predicted molar refractivity (Wildman–Crippen MR) is 199 cm³/mol. The maximum absolute atomic E-state index is 12.3. The molecule has 0 amide bonds. The van der Waals surface area contributed by atoms with Crippen LogP contribution in [0.1, 0.15) is 156 Å². The average molecular weight is 713 g/mol. The Kier molecular flexibility index (Phi) is 31.8. The largest absolute Gasteiger partial charge is 0.469 e. The quantitative estimate of drug-likeness (QED) is 0.0199. The first kappa shape index (κ1) is 47.0. The summed E-state index contributed by atoms with van der Waals surface area (Å²) in [6.07, 6.45) is 34.6. The predicted octanol–water partition coefficient (Wildman–Crippen LogP) is 10.0. The molecule has 0 fully saturated rings. The van der Waals surface area contributed by atoms with E-state index in [2.05, 4.69) is 37.4 Å². The van der Waals surface area contributed by atoms with E-state index >= 15 is 0 Å². The first-order valence-electron chi connectivity index (χ1n) is 18.9. The number of hydrogen-bond acceptors (Lipinski definition) is 7.